The lowest BCUT2D eigenvalue weighted by Gasteiger charge is -2.30. The summed E-state index contributed by atoms with van der Waals surface area (Å²) < 4.78 is 7.53. The predicted molar refractivity (Wildman–Crippen MR) is 98.7 cm³/mol. The summed E-state index contributed by atoms with van der Waals surface area (Å²) in [7, 11) is 0. The number of rotatable bonds is 3. The number of nitrogens with zero attached hydrogens (tertiary/aromatic N) is 2. The number of furan rings is 1. The largest absolute Gasteiger partial charge is 0.468 e. The highest BCUT2D eigenvalue weighted by atomic mass is 35.5. The maximum Gasteiger partial charge on any atom is 0.258 e. The maximum absolute atomic E-state index is 12.4. The molecule has 1 aliphatic heterocycles. The summed E-state index contributed by atoms with van der Waals surface area (Å²) in [4.78, 5) is 17.3. The number of nitrogens with one attached hydrogen (secondary N) is 2. The second-order valence-electron chi connectivity index (χ2n) is 5.80. The molecular formula is C17H15ClN4O2S. The van der Waals surface area contributed by atoms with E-state index in [2.05, 4.69) is 15.2 Å². The van der Waals surface area contributed by atoms with Gasteiger partial charge in [0.2, 0.25) is 0 Å². The molecule has 3 heterocycles. The second-order valence-corrected chi connectivity index (χ2v) is 6.63. The highest BCUT2D eigenvalue weighted by Gasteiger charge is 2.23. The Hall–Kier alpha value is -2.35. The number of aromatic amines is 1. The minimum Gasteiger partial charge on any atom is -0.468 e. The van der Waals surface area contributed by atoms with Crippen LogP contribution in [0.3, 0.4) is 0 Å². The Bertz CT molecular complexity index is 1030. The molecule has 8 heteroatoms. The number of H-pyrrole nitrogens is 1. The predicted octanol–water partition coefficient (Wildman–Crippen LogP) is 3.53. The number of benzene rings is 1. The van der Waals surface area contributed by atoms with E-state index in [1.807, 2.05) is 34.9 Å². The standard InChI is InChI=1S/C17H15ClN4O2S/c18-11-3-1-4-12(7-11)22-15-14(16(23)20-17(22)25)9-21(10-19-15)8-13-5-2-6-24-13/h1-7,19H,8-10H2,(H,20,23,25). The number of fused-ring (bicyclic) bond motifs is 1. The van der Waals surface area contributed by atoms with E-state index < -0.39 is 0 Å². The van der Waals surface area contributed by atoms with Crippen molar-refractivity contribution in [3.05, 3.63) is 74.1 Å². The normalized spacial score (nSPS) is 14.1. The molecule has 0 radical (unpaired) electrons. The van der Waals surface area contributed by atoms with Crippen molar-refractivity contribution in [3.8, 4) is 5.69 Å². The Kier molecular flexibility index (Phi) is 4.20. The molecule has 0 unspecified atom stereocenters. The van der Waals surface area contributed by atoms with Crippen molar-refractivity contribution in [1.82, 2.24) is 14.5 Å². The van der Waals surface area contributed by atoms with E-state index in [0.717, 1.165) is 11.4 Å². The smallest absolute Gasteiger partial charge is 0.258 e. The van der Waals surface area contributed by atoms with Crippen LogP contribution in [0.2, 0.25) is 5.02 Å². The van der Waals surface area contributed by atoms with Gasteiger partial charge in [-0.25, -0.2) is 0 Å². The van der Waals surface area contributed by atoms with Gasteiger partial charge in [-0.2, -0.15) is 0 Å². The molecule has 2 N–H and O–H groups in total. The zero-order valence-corrected chi connectivity index (χ0v) is 14.7. The lowest BCUT2D eigenvalue weighted by molar-refractivity contribution is 0.241. The number of hydrogen-bond donors (Lipinski definition) is 2. The quantitative estimate of drug-likeness (QED) is 0.686. The van der Waals surface area contributed by atoms with Crippen molar-refractivity contribution in [2.75, 3.05) is 12.0 Å². The molecule has 0 saturated heterocycles. The van der Waals surface area contributed by atoms with Crippen molar-refractivity contribution >= 4 is 29.6 Å². The monoisotopic (exact) mass is 374 g/mol. The van der Waals surface area contributed by atoms with Gasteiger partial charge in [-0.1, -0.05) is 17.7 Å². The van der Waals surface area contributed by atoms with Gasteiger partial charge in [0.1, 0.15) is 11.6 Å². The molecule has 4 rings (SSSR count). The number of halogens is 1. The number of anilines is 1. The van der Waals surface area contributed by atoms with E-state index in [4.69, 9.17) is 28.2 Å². The van der Waals surface area contributed by atoms with Crippen molar-refractivity contribution in [3.63, 3.8) is 0 Å². The fraction of sp³-hybridized carbons (Fsp3) is 0.176. The van der Waals surface area contributed by atoms with Crippen LogP contribution in [-0.2, 0) is 13.1 Å². The third kappa shape index (κ3) is 3.13. The molecule has 0 atom stereocenters. The minimum absolute atomic E-state index is 0.185. The van der Waals surface area contributed by atoms with Crippen LogP contribution in [0.1, 0.15) is 11.3 Å². The van der Waals surface area contributed by atoms with Gasteiger partial charge in [0.05, 0.1) is 30.7 Å². The van der Waals surface area contributed by atoms with Crippen LogP contribution in [0.4, 0.5) is 5.82 Å². The molecule has 0 fully saturated rings. The van der Waals surface area contributed by atoms with Gasteiger partial charge in [-0.15, -0.1) is 0 Å². The fourth-order valence-electron chi connectivity index (χ4n) is 2.97. The summed E-state index contributed by atoms with van der Waals surface area (Å²) >= 11 is 11.5. The van der Waals surface area contributed by atoms with Gasteiger partial charge >= 0.3 is 0 Å². The second kappa shape index (κ2) is 6.51. The van der Waals surface area contributed by atoms with Crippen molar-refractivity contribution < 1.29 is 4.42 Å². The van der Waals surface area contributed by atoms with Gasteiger partial charge in [0, 0.05) is 11.6 Å². The van der Waals surface area contributed by atoms with Crippen molar-refractivity contribution in [2.24, 2.45) is 0 Å². The van der Waals surface area contributed by atoms with Crippen LogP contribution in [0, 0.1) is 4.77 Å². The topological polar surface area (TPSA) is 66.2 Å². The molecule has 2 aromatic heterocycles. The zero-order valence-electron chi connectivity index (χ0n) is 13.2. The first kappa shape index (κ1) is 16.1. The Morgan fingerprint density at radius 2 is 2.16 bits per heavy atom. The van der Waals surface area contributed by atoms with Crippen LogP contribution in [0.5, 0.6) is 0 Å². The molecule has 0 spiro atoms. The van der Waals surface area contributed by atoms with Gasteiger partial charge < -0.3 is 9.73 Å². The van der Waals surface area contributed by atoms with Gasteiger partial charge in [0.15, 0.2) is 4.77 Å². The average molecular weight is 375 g/mol. The molecule has 0 bridgehead atoms. The van der Waals surface area contributed by atoms with Gasteiger partial charge in [-0.3, -0.25) is 19.2 Å². The maximum atomic E-state index is 12.4. The lowest BCUT2D eigenvalue weighted by Crippen LogP contribution is -2.38. The van der Waals surface area contributed by atoms with E-state index in [-0.39, 0.29) is 5.56 Å². The average Bonchev–Trinajstić information content (AvgIpc) is 3.08. The van der Waals surface area contributed by atoms with Crippen LogP contribution < -0.4 is 10.9 Å². The van der Waals surface area contributed by atoms with Gasteiger partial charge in [0.25, 0.3) is 5.56 Å². The lowest BCUT2D eigenvalue weighted by atomic mass is 10.2. The van der Waals surface area contributed by atoms with Crippen LogP contribution in [-0.4, -0.2) is 21.1 Å². The zero-order chi connectivity index (χ0) is 17.4. The molecule has 0 aliphatic carbocycles. The summed E-state index contributed by atoms with van der Waals surface area (Å²) in [6.07, 6.45) is 1.64. The Balaban J connectivity index is 1.75. The first-order chi connectivity index (χ1) is 12.1. The number of aromatic nitrogens is 2. The summed E-state index contributed by atoms with van der Waals surface area (Å²) in [6, 6.07) is 11.1. The molecule has 6 nitrogen and oxygen atoms in total. The molecular weight excluding hydrogens is 360 g/mol. The summed E-state index contributed by atoms with van der Waals surface area (Å²) in [6.45, 7) is 1.69. The molecule has 0 amide bonds. The third-order valence-corrected chi connectivity index (χ3v) is 4.60. The molecule has 128 valence electrons. The Labute approximate surface area is 153 Å². The third-order valence-electron chi connectivity index (χ3n) is 4.08. The van der Waals surface area contributed by atoms with E-state index in [9.17, 15) is 4.79 Å². The summed E-state index contributed by atoms with van der Waals surface area (Å²) in [5.74, 6) is 1.55. The molecule has 1 aromatic carbocycles. The first-order valence-electron chi connectivity index (χ1n) is 7.74. The molecule has 3 aromatic rings. The Morgan fingerprint density at radius 3 is 2.92 bits per heavy atom. The SMILES string of the molecule is O=c1[nH]c(=S)n(-c2cccc(Cl)c2)c2c1CN(Cc1ccco1)CN2. The van der Waals surface area contributed by atoms with E-state index >= 15 is 0 Å². The summed E-state index contributed by atoms with van der Waals surface area (Å²) in [5, 5.41) is 3.92. The highest BCUT2D eigenvalue weighted by molar-refractivity contribution is 7.71. The van der Waals surface area contributed by atoms with Crippen molar-refractivity contribution in [2.45, 2.75) is 13.1 Å². The van der Waals surface area contributed by atoms with Gasteiger partial charge in [-0.05, 0) is 42.5 Å². The van der Waals surface area contributed by atoms with Crippen molar-refractivity contribution in [1.29, 1.82) is 0 Å². The Morgan fingerprint density at radius 1 is 1.28 bits per heavy atom. The number of hydrogen-bond acceptors (Lipinski definition) is 5. The van der Waals surface area contributed by atoms with E-state index in [0.29, 0.717) is 40.9 Å². The highest BCUT2D eigenvalue weighted by Crippen LogP contribution is 2.25. The fourth-order valence-corrected chi connectivity index (χ4v) is 3.44. The molecule has 1 aliphatic rings. The van der Waals surface area contributed by atoms with Crippen LogP contribution >= 0.6 is 23.8 Å². The first-order valence-corrected chi connectivity index (χ1v) is 8.53. The van der Waals surface area contributed by atoms with E-state index in [1.54, 1.807) is 12.3 Å². The molecule has 0 saturated carbocycles. The minimum atomic E-state index is -0.185. The van der Waals surface area contributed by atoms with Crippen LogP contribution in [0.25, 0.3) is 5.69 Å². The van der Waals surface area contributed by atoms with Crippen LogP contribution in [0.15, 0.2) is 51.9 Å². The van der Waals surface area contributed by atoms with E-state index in [1.165, 1.54) is 0 Å². The molecule has 25 heavy (non-hydrogen) atoms. The summed E-state index contributed by atoms with van der Waals surface area (Å²) in [5.41, 5.74) is 1.25.